The summed E-state index contributed by atoms with van der Waals surface area (Å²) in [5.41, 5.74) is 1.36. The third-order valence-electron chi connectivity index (χ3n) is 4.86. The van der Waals surface area contributed by atoms with Crippen LogP contribution in [-0.4, -0.2) is 49.4 Å². The highest BCUT2D eigenvalue weighted by Gasteiger charge is 2.29. The maximum absolute atomic E-state index is 12.7. The minimum Gasteiger partial charge on any atom is -0.481 e. The lowest BCUT2D eigenvalue weighted by Gasteiger charge is -2.13. The first-order valence-electron chi connectivity index (χ1n) is 9.52. The lowest BCUT2D eigenvalue weighted by Crippen LogP contribution is -2.28. The van der Waals surface area contributed by atoms with E-state index in [-0.39, 0.29) is 17.4 Å². The number of terminal acetylenes is 1. The van der Waals surface area contributed by atoms with Crippen molar-refractivity contribution in [3.8, 4) is 18.1 Å². The summed E-state index contributed by atoms with van der Waals surface area (Å²) < 4.78 is 33.7. The number of benzene rings is 1. The highest BCUT2D eigenvalue weighted by Crippen LogP contribution is 2.22. The Bertz CT molecular complexity index is 998. The number of aryl methyl sites for hydroxylation is 1. The standard InChI is InChI=1S/C21H25N3O4S/c1-3-14-28-18-8-6-17(7-9-18)10-11-22-21(25)20-15-19(16-23(20)2)29(26,27)24-12-4-5-13-24/h1,6-9,15-16H,4-5,10-14H2,2H3,(H,22,25). The van der Waals surface area contributed by atoms with Gasteiger partial charge in [0.2, 0.25) is 10.0 Å². The van der Waals surface area contributed by atoms with Gasteiger partial charge in [0.1, 0.15) is 22.9 Å². The van der Waals surface area contributed by atoms with Crippen LogP contribution in [-0.2, 0) is 23.5 Å². The maximum atomic E-state index is 12.7. The van der Waals surface area contributed by atoms with Gasteiger partial charge >= 0.3 is 0 Å². The Balaban J connectivity index is 1.57. The summed E-state index contributed by atoms with van der Waals surface area (Å²) in [6.07, 6.45) is 9.05. The first-order chi connectivity index (χ1) is 13.9. The predicted octanol–water partition coefficient (Wildman–Crippen LogP) is 1.79. The number of carbonyl (C=O) groups excluding carboxylic acids is 1. The van der Waals surface area contributed by atoms with Crippen LogP contribution in [0.4, 0.5) is 0 Å². The van der Waals surface area contributed by atoms with E-state index < -0.39 is 10.0 Å². The van der Waals surface area contributed by atoms with E-state index in [2.05, 4.69) is 11.2 Å². The van der Waals surface area contributed by atoms with E-state index in [1.54, 1.807) is 11.6 Å². The number of ether oxygens (including phenoxy) is 1. The Morgan fingerprint density at radius 1 is 1.24 bits per heavy atom. The number of aromatic nitrogens is 1. The number of sulfonamides is 1. The predicted molar refractivity (Wildman–Crippen MR) is 110 cm³/mol. The summed E-state index contributed by atoms with van der Waals surface area (Å²) in [5.74, 6) is 2.81. The number of nitrogens with one attached hydrogen (secondary N) is 1. The molecule has 1 aliphatic heterocycles. The molecule has 3 rings (SSSR count). The molecule has 7 nitrogen and oxygen atoms in total. The molecule has 2 heterocycles. The number of carbonyl (C=O) groups is 1. The Morgan fingerprint density at radius 2 is 1.93 bits per heavy atom. The molecular weight excluding hydrogens is 390 g/mol. The molecule has 0 radical (unpaired) electrons. The highest BCUT2D eigenvalue weighted by atomic mass is 32.2. The van der Waals surface area contributed by atoms with Crippen molar-refractivity contribution in [2.24, 2.45) is 7.05 Å². The zero-order valence-corrected chi connectivity index (χ0v) is 17.2. The third kappa shape index (κ3) is 5.00. The second kappa shape index (κ2) is 9.16. The smallest absolute Gasteiger partial charge is 0.267 e. The molecule has 1 amide bonds. The molecule has 0 unspecified atom stereocenters. The zero-order chi connectivity index (χ0) is 20.9. The SMILES string of the molecule is C#CCOc1ccc(CCNC(=O)c2cc(S(=O)(=O)N3CCCC3)cn2C)cc1. The average Bonchev–Trinajstić information content (AvgIpc) is 3.38. The van der Waals surface area contributed by atoms with E-state index in [1.165, 1.54) is 16.6 Å². The molecule has 0 bridgehead atoms. The number of nitrogens with zero attached hydrogens (tertiary/aromatic N) is 2. The summed E-state index contributed by atoms with van der Waals surface area (Å²) in [6.45, 7) is 1.72. The molecule has 154 valence electrons. The van der Waals surface area contributed by atoms with Crippen LogP contribution in [0.15, 0.2) is 41.4 Å². The van der Waals surface area contributed by atoms with Gasteiger partial charge in [0.25, 0.3) is 5.91 Å². The summed E-state index contributed by atoms with van der Waals surface area (Å²) in [7, 11) is -1.87. The first kappa shape index (κ1) is 21.0. The molecule has 1 N–H and O–H groups in total. The van der Waals surface area contributed by atoms with E-state index >= 15 is 0 Å². The van der Waals surface area contributed by atoms with Gasteiger partial charge in [0.15, 0.2) is 0 Å². The molecular formula is C21H25N3O4S. The van der Waals surface area contributed by atoms with Crippen LogP contribution in [0.5, 0.6) is 5.75 Å². The Hall–Kier alpha value is -2.76. The molecule has 1 aromatic carbocycles. The van der Waals surface area contributed by atoms with Gasteiger partial charge in [0, 0.05) is 32.9 Å². The van der Waals surface area contributed by atoms with Crippen molar-refractivity contribution >= 4 is 15.9 Å². The normalized spacial score (nSPS) is 14.5. The van der Waals surface area contributed by atoms with Gasteiger partial charge in [-0.15, -0.1) is 6.42 Å². The summed E-state index contributed by atoms with van der Waals surface area (Å²) in [5, 5.41) is 2.85. The van der Waals surface area contributed by atoms with Gasteiger partial charge in [-0.25, -0.2) is 8.42 Å². The van der Waals surface area contributed by atoms with Crippen LogP contribution in [0.3, 0.4) is 0 Å². The summed E-state index contributed by atoms with van der Waals surface area (Å²) in [6, 6.07) is 8.95. The van der Waals surface area contributed by atoms with Gasteiger partial charge in [-0.1, -0.05) is 18.1 Å². The second-order valence-corrected chi connectivity index (χ2v) is 8.86. The van der Waals surface area contributed by atoms with Crippen molar-refractivity contribution < 1.29 is 17.9 Å². The molecule has 1 fully saturated rings. The van der Waals surface area contributed by atoms with Crippen molar-refractivity contribution in [3.05, 3.63) is 47.8 Å². The van der Waals surface area contributed by atoms with Crippen molar-refractivity contribution in [1.29, 1.82) is 0 Å². The minimum absolute atomic E-state index is 0.162. The molecule has 0 atom stereocenters. The van der Waals surface area contributed by atoms with Crippen molar-refractivity contribution in [3.63, 3.8) is 0 Å². The van der Waals surface area contributed by atoms with Gasteiger partial charge in [-0.2, -0.15) is 4.31 Å². The van der Waals surface area contributed by atoms with Crippen LogP contribution in [0.1, 0.15) is 28.9 Å². The fourth-order valence-corrected chi connectivity index (χ4v) is 4.86. The van der Waals surface area contributed by atoms with E-state index in [1.807, 2.05) is 24.3 Å². The molecule has 1 aromatic heterocycles. The first-order valence-corrected chi connectivity index (χ1v) is 11.0. The third-order valence-corrected chi connectivity index (χ3v) is 6.72. The van der Waals surface area contributed by atoms with Gasteiger partial charge in [-0.05, 0) is 43.0 Å². The van der Waals surface area contributed by atoms with Gasteiger partial charge in [-0.3, -0.25) is 4.79 Å². The molecule has 2 aromatic rings. The topological polar surface area (TPSA) is 80.6 Å². The number of rotatable bonds is 8. The summed E-state index contributed by atoms with van der Waals surface area (Å²) >= 11 is 0. The minimum atomic E-state index is -3.54. The molecule has 1 aliphatic rings. The van der Waals surface area contributed by atoms with E-state index in [4.69, 9.17) is 11.2 Å². The fraction of sp³-hybridized carbons (Fsp3) is 0.381. The number of amides is 1. The maximum Gasteiger partial charge on any atom is 0.267 e. The van der Waals surface area contributed by atoms with Crippen LogP contribution >= 0.6 is 0 Å². The van der Waals surface area contributed by atoms with Crippen molar-refractivity contribution in [1.82, 2.24) is 14.2 Å². The van der Waals surface area contributed by atoms with Gasteiger partial charge in [0.05, 0.1) is 0 Å². The van der Waals surface area contributed by atoms with Crippen LogP contribution < -0.4 is 10.1 Å². The lowest BCUT2D eigenvalue weighted by atomic mass is 10.1. The molecule has 8 heteroatoms. The largest absolute Gasteiger partial charge is 0.481 e. The molecule has 29 heavy (non-hydrogen) atoms. The molecule has 0 spiro atoms. The number of hydrogen-bond acceptors (Lipinski definition) is 4. The number of hydrogen-bond donors (Lipinski definition) is 1. The Morgan fingerprint density at radius 3 is 2.59 bits per heavy atom. The van der Waals surface area contributed by atoms with Crippen LogP contribution in [0.2, 0.25) is 0 Å². The quantitative estimate of drug-likeness (QED) is 0.667. The van der Waals surface area contributed by atoms with Crippen molar-refractivity contribution in [2.75, 3.05) is 26.2 Å². The Kier molecular flexibility index (Phi) is 6.62. The van der Waals surface area contributed by atoms with E-state index in [0.717, 1.165) is 18.4 Å². The fourth-order valence-electron chi connectivity index (χ4n) is 3.27. The van der Waals surface area contributed by atoms with E-state index in [0.29, 0.717) is 37.5 Å². The monoisotopic (exact) mass is 415 g/mol. The van der Waals surface area contributed by atoms with E-state index in [9.17, 15) is 13.2 Å². The highest BCUT2D eigenvalue weighted by molar-refractivity contribution is 7.89. The van der Waals surface area contributed by atoms with Crippen molar-refractivity contribution in [2.45, 2.75) is 24.2 Å². The lowest BCUT2D eigenvalue weighted by molar-refractivity contribution is 0.0946. The average molecular weight is 416 g/mol. The molecule has 1 saturated heterocycles. The second-order valence-electron chi connectivity index (χ2n) is 6.93. The molecule has 0 aliphatic carbocycles. The van der Waals surface area contributed by atoms with Crippen LogP contribution in [0.25, 0.3) is 0 Å². The molecule has 0 saturated carbocycles. The van der Waals surface area contributed by atoms with Gasteiger partial charge < -0.3 is 14.6 Å². The summed E-state index contributed by atoms with van der Waals surface area (Å²) in [4.78, 5) is 12.7. The van der Waals surface area contributed by atoms with Crippen LogP contribution in [0, 0.1) is 12.3 Å². The Labute approximate surface area is 171 Å². The zero-order valence-electron chi connectivity index (χ0n) is 16.4.